The minimum Gasteiger partial charge on any atom is -0.491 e. The summed E-state index contributed by atoms with van der Waals surface area (Å²) in [4.78, 5) is 4.04. The number of hydrogen-bond acceptors (Lipinski definition) is 3. The molecule has 1 heterocycles. The zero-order chi connectivity index (χ0) is 15.1. The van der Waals surface area contributed by atoms with Gasteiger partial charge in [-0.3, -0.25) is 0 Å². The van der Waals surface area contributed by atoms with E-state index in [1.807, 2.05) is 17.1 Å². The molecule has 114 valence electrons. The van der Waals surface area contributed by atoms with Crippen molar-refractivity contribution in [2.45, 2.75) is 33.9 Å². The summed E-state index contributed by atoms with van der Waals surface area (Å²) in [7, 11) is 0. The van der Waals surface area contributed by atoms with Crippen LogP contribution in [-0.4, -0.2) is 22.7 Å². The van der Waals surface area contributed by atoms with Crippen molar-refractivity contribution in [1.29, 1.82) is 0 Å². The molecule has 0 aliphatic heterocycles. The van der Waals surface area contributed by atoms with Crippen LogP contribution >= 0.6 is 0 Å². The van der Waals surface area contributed by atoms with Gasteiger partial charge in [0.05, 0.1) is 12.9 Å². The highest BCUT2D eigenvalue weighted by atomic mass is 16.5. The van der Waals surface area contributed by atoms with E-state index in [1.165, 1.54) is 11.1 Å². The lowest BCUT2D eigenvalue weighted by Crippen LogP contribution is -2.20. The van der Waals surface area contributed by atoms with Gasteiger partial charge < -0.3 is 14.6 Å². The Kier molecular flexibility index (Phi) is 5.81. The predicted octanol–water partition coefficient (Wildman–Crippen LogP) is 3.02. The van der Waals surface area contributed by atoms with Gasteiger partial charge in [0.1, 0.15) is 12.4 Å². The zero-order valence-corrected chi connectivity index (χ0v) is 13.2. The second-order valence-corrected chi connectivity index (χ2v) is 5.74. The minimum absolute atomic E-state index is 0.651. The number of hydrogen-bond donors (Lipinski definition) is 1. The Balaban J connectivity index is 1.93. The van der Waals surface area contributed by atoms with E-state index in [0.29, 0.717) is 12.5 Å². The molecule has 1 aromatic carbocycles. The molecule has 1 aromatic heterocycles. The van der Waals surface area contributed by atoms with Gasteiger partial charge >= 0.3 is 0 Å². The quantitative estimate of drug-likeness (QED) is 0.811. The first-order valence-corrected chi connectivity index (χ1v) is 7.54. The van der Waals surface area contributed by atoms with Gasteiger partial charge in [-0.2, -0.15) is 0 Å². The van der Waals surface area contributed by atoms with Gasteiger partial charge in [0.15, 0.2) is 0 Å². The van der Waals surface area contributed by atoms with Crippen LogP contribution < -0.4 is 10.1 Å². The number of benzene rings is 1. The summed E-state index contributed by atoms with van der Waals surface area (Å²) in [6.07, 6.45) is 5.55. The van der Waals surface area contributed by atoms with Crippen LogP contribution in [0.4, 0.5) is 0 Å². The molecule has 0 atom stereocenters. The number of imidazole rings is 1. The molecule has 0 saturated heterocycles. The van der Waals surface area contributed by atoms with Gasteiger partial charge in [-0.05, 0) is 24.9 Å². The highest BCUT2D eigenvalue weighted by Gasteiger charge is 2.07. The highest BCUT2D eigenvalue weighted by molar-refractivity contribution is 5.40. The van der Waals surface area contributed by atoms with E-state index in [1.54, 1.807) is 6.20 Å². The first-order valence-electron chi connectivity index (χ1n) is 7.54. The molecule has 2 aromatic rings. The van der Waals surface area contributed by atoms with E-state index in [2.05, 4.69) is 49.3 Å². The number of ether oxygens (including phenoxy) is 1. The van der Waals surface area contributed by atoms with E-state index in [0.717, 1.165) is 25.4 Å². The molecule has 0 amide bonds. The smallest absolute Gasteiger partial charge is 0.126 e. The Morgan fingerprint density at radius 1 is 1.33 bits per heavy atom. The van der Waals surface area contributed by atoms with Gasteiger partial charge in [0, 0.05) is 24.5 Å². The fourth-order valence-corrected chi connectivity index (χ4v) is 2.23. The number of para-hydroxylation sites is 1. The fourth-order valence-electron chi connectivity index (χ4n) is 2.23. The topological polar surface area (TPSA) is 39.1 Å². The van der Waals surface area contributed by atoms with Crippen LogP contribution in [0, 0.1) is 12.8 Å². The van der Waals surface area contributed by atoms with Gasteiger partial charge in [0.25, 0.3) is 0 Å². The third kappa shape index (κ3) is 4.90. The number of aryl methyl sites for hydroxylation is 1. The lowest BCUT2D eigenvalue weighted by molar-refractivity contribution is 0.292. The van der Waals surface area contributed by atoms with Crippen LogP contribution in [0.2, 0.25) is 0 Å². The van der Waals surface area contributed by atoms with E-state index in [9.17, 15) is 0 Å². The highest BCUT2D eigenvalue weighted by Crippen LogP contribution is 2.23. The standard InChI is InChI=1S/C17H25N3O/c1-14(2)11-19-12-16-6-4-5-15(3)17(16)21-10-9-20-8-7-18-13-20/h4-8,13-14,19H,9-12H2,1-3H3. The molecule has 0 saturated carbocycles. The molecule has 0 radical (unpaired) electrons. The fraction of sp³-hybridized carbons (Fsp3) is 0.471. The molecule has 0 unspecified atom stereocenters. The second kappa shape index (κ2) is 7.84. The average molecular weight is 287 g/mol. The van der Waals surface area contributed by atoms with Crippen molar-refractivity contribution in [1.82, 2.24) is 14.9 Å². The molecule has 0 fully saturated rings. The molecule has 4 heteroatoms. The lowest BCUT2D eigenvalue weighted by atomic mass is 10.1. The first kappa shape index (κ1) is 15.6. The minimum atomic E-state index is 0.651. The van der Waals surface area contributed by atoms with Crippen molar-refractivity contribution in [3.05, 3.63) is 48.0 Å². The second-order valence-electron chi connectivity index (χ2n) is 5.74. The summed E-state index contributed by atoms with van der Waals surface area (Å²) in [5.41, 5.74) is 2.41. The number of nitrogens with one attached hydrogen (secondary N) is 1. The Bertz CT molecular complexity index is 535. The van der Waals surface area contributed by atoms with E-state index in [-0.39, 0.29) is 0 Å². The molecule has 0 spiro atoms. The molecular formula is C17H25N3O. The monoisotopic (exact) mass is 287 g/mol. The Morgan fingerprint density at radius 3 is 2.90 bits per heavy atom. The third-order valence-electron chi connectivity index (χ3n) is 3.32. The third-order valence-corrected chi connectivity index (χ3v) is 3.32. The van der Waals surface area contributed by atoms with E-state index < -0.39 is 0 Å². The Morgan fingerprint density at radius 2 is 2.19 bits per heavy atom. The maximum absolute atomic E-state index is 6.01. The Labute approximate surface area is 127 Å². The maximum Gasteiger partial charge on any atom is 0.126 e. The lowest BCUT2D eigenvalue weighted by Gasteiger charge is -2.15. The number of nitrogens with zero attached hydrogens (tertiary/aromatic N) is 2. The summed E-state index contributed by atoms with van der Waals surface area (Å²) in [5.74, 6) is 1.66. The zero-order valence-electron chi connectivity index (χ0n) is 13.2. The van der Waals surface area contributed by atoms with Crippen molar-refractivity contribution < 1.29 is 4.74 Å². The van der Waals surface area contributed by atoms with E-state index in [4.69, 9.17) is 4.74 Å². The van der Waals surface area contributed by atoms with Crippen LogP contribution in [0.25, 0.3) is 0 Å². The molecule has 21 heavy (non-hydrogen) atoms. The summed E-state index contributed by atoms with van der Waals surface area (Å²) in [5, 5.41) is 3.48. The molecule has 0 aliphatic carbocycles. The largest absolute Gasteiger partial charge is 0.491 e. The molecule has 0 bridgehead atoms. The van der Waals surface area contributed by atoms with Crippen molar-refractivity contribution in [2.24, 2.45) is 5.92 Å². The Hall–Kier alpha value is -1.81. The SMILES string of the molecule is Cc1cccc(CNCC(C)C)c1OCCn1ccnc1. The molecular weight excluding hydrogens is 262 g/mol. The van der Waals surface area contributed by atoms with Crippen LogP contribution in [0.15, 0.2) is 36.9 Å². The van der Waals surface area contributed by atoms with Crippen LogP contribution in [0.1, 0.15) is 25.0 Å². The average Bonchev–Trinajstić information content (AvgIpc) is 2.94. The van der Waals surface area contributed by atoms with Gasteiger partial charge in [0.2, 0.25) is 0 Å². The van der Waals surface area contributed by atoms with Gasteiger partial charge in [-0.15, -0.1) is 0 Å². The summed E-state index contributed by atoms with van der Waals surface area (Å²) in [6, 6.07) is 6.32. The summed E-state index contributed by atoms with van der Waals surface area (Å²) < 4.78 is 8.03. The van der Waals surface area contributed by atoms with Crippen LogP contribution in [0.5, 0.6) is 5.75 Å². The maximum atomic E-state index is 6.01. The van der Waals surface area contributed by atoms with Crippen LogP contribution in [0.3, 0.4) is 0 Å². The molecule has 0 aliphatic rings. The van der Waals surface area contributed by atoms with Crippen molar-refractivity contribution in [3.63, 3.8) is 0 Å². The van der Waals surface area contributed by atoms with Crippen molar-refractivity contribution >= 4 is 0 Å². The summed E-state index contributed by atoms with van der Waals surface area (Å²) in [6.45, 7) is 9.85. The molecule has 2 rings (SSSR count). The van der Waals surface area contributed by atoms with Gasteiger partial charge in [-0.25, -0.2) is 4.98 Å². The number of aromatic nitrogens is 2. The van der Waals surface area contributed by atoms with E-state index >= 15 is 0 Å². The van der Waals surface area contributed by atoms with Crippen molar-refractivity contribution in [2.75, 3.05) is 13.2 Å². The summed E-state index contributed by atoms with van der Waals surface area (Å²) >= 11 is 0. The van der Waals surface area contributed by atoms with Crippen molar-refractivity contribution in [3.8, 4) is 5.75 Å². The van der Waals surface area contributed by atoms with Gasteiger partial charge in [-0.1, -0.05) is 32.0 Å². The molecule has 1 N–H and O–H groups in total. The predicted molar refractivity (Wildman–Crippen MR) is 85.4 cm³/mol. The molecule has 4 nitrogen and oxygen atoms in total. The first-order chi connectivity index (χ1) is 10.2. The normalized spacial score (nSPS) is 11.0. The van der Waals surface area contributed by atoms with Crippen LogP contribution in [-0.2, 0) is 13.1 Å². The number of rotatable bonds is 8.